The zero-order valence-electron chi connectivity index (χ0n) is 18.4. The van der Waals surface area contributed by atoms with Crippen molar-refractivity contribution in [3.63, 3.8) is 0 Å². The number of aromatic hydroxyl groups is 1. The number of hydrogen-bond acceptors (Lipinski definition) is 8. The van der Waals surface area contributed by atoms with E-state index in [1.165, 1.54) is 35.1 Å². The average Bonchev–Trinajstić information content (AvgIpc) is 3.27. The van der Waals surface area contributed by atoms with Crippen LogP contribution in [0.25, 0.3) is 11.4 Å². The van der Waals surface area contributed by atoms with Gasteiger partial charge < -0.3 is 15.7 Å². The van der Waals surface area contributed by atoms with Gasteiger partial charge in [0, 0.05) is 29.6 Å². The highest BCUT2D eigenvalue weighted by molar-refractivity contribution is 6.06. The Labute approximate surface area is 198 Å². The number of phenolic OH excluding ortho intramolecular Hbond substituents is 1. The Bertz CT molecular complexity index is 1480. The normalized spacial score (nSPS) is 14.7. The van der Waals surface area contributed by atoms with E-state index in [9.17, 15) is 20.0 Å². The molecule has 35 heavy (non-hydrogen) atoms. The van der Waals surface area contributed by atoms with Crippen LogP contribution in [0.3, 0.4) is 0 Å². The topological polar surface area (TPSA) is 148 Å². The molecule has 2 aromatic carbocycles. The maximum absolute atomic E-state index is 13.4. The number of allylic oxidation sites excluding steroid dienone is 1. The minimum Gasteiger partial charge on any atom is -0.508 e. The lowest BCUT2D eigenvalue weighted by Crippen LogP contribution is -2.31. The van der Waals surface area contributed by atoms with Gasteiger partial charge in [0.25, 0.3) is 11.6 Å². The second kappa shape index (κ2) is 8.71. The van der Waals surface area contributed by atoms with E-state index < -0.39 is 16.9 Å². The van der Waals surface area contributed by atoms with Crippen molar-refractivity contribution >= 4 is 23.2 Å². The van der Waals surface area contributed by atoms with Gasteiger partial charge in [0.15, 0.2) is 5.82 Å². The molecule has 5 rings (SSSR count). The third kappa shape index (κ3) is 4.17. The van der Waals surface area contributed by atoms with E-state index in [1.54, 1.807) is 49.5 Å². The van der Waals surface area contributed by atoms with Crippen LogP contribution in [-0.4, -0.2) is 35.7 Å². The Kier molecular flexibility index (Phi) is 5.41. The number of phenols is 1. The van der Waals surface area contributed by atoms with Crippen LogP contribution in [0.5, 0.6) is 5.75 Å². The van der Waals surface area contributed by atoms with Crippen molar-refractivity contribution in [2.75, 3.05) is 10.6 Å². The Morgan fingerprint density at radius 3 is 2.74 bits per heavy atom. The number of anilines is 2. The van der Waals surface area contributed by atoms with E-state index in [4.69, 9.17) is 0 Å². The molecule has 2 aromatic heterocycles. The van der Waals surface area contributed by atoms with Gasteiger partial charge in [0.05, 0.1) is 22.4 Å². The van der Waals surface area contributed by atoms with E-state index in [2.05, 4.69) is 25.7 Å². The van der Waals surface area contributed by atoms with Crippen molar-refractivity contribution in [3.8, 4) is 17.1 Å². The summed E-state index contributed by atoms with van der Waals surface area (Å²) >= 11 is 0. The summed E-state index contributed by atoms with van der Waals surface area (Å²) in [6.45, 7) is 1.73. The molecule has 11 nitrogen and oxygen atoms in total. The highest BCUT2D eigenvalue weighted by atomic mass is 16.6. The van der Waals surface area contributed by atoms with Crippen LogP contribution < -0.4 is 10.6 Å². The minimum atomic E-state index is -0.804. The number of nitrogens with one attached hydrogen (secondary N) is 2. The Morgan fingerprint density at radius 1 is 1.17 bits per heavy atom. The number of nitro benzene ring substituents is 1. The lowest BCUT2D eigenvalue weighted by atomic mass is 9.94. The number of rotatable bonds is 5. The van der Waals surface area contributed by atoms with Gasteiger partial charge in [-0.3, -0.25) is 19.9 Å². The van der Waals surface area contributed by atoms with Gasteiger partial charge in [-0.05, 0) is 36.8 Å². The summed E-state index contributed by atoms with van der Waals surface area (Å²) in [5.74, 6) is 0.319. The number of fused-ring (bicyclic) bond motifs is 1. The molecule has 1 unspecified atom stereocenters. The lowest BCUT2D eigenvalue weighted by Gasteiger charge is -2.28. The number of carbonyl (C=O) groups is 1. The maximum atomic E-state index is 13.4. The highest BCUT2D eigenvalue weighted by Gasteiger charge is 2.35. The molecule has 3 N–H and O–H groups in total. The molecule has 0 saturated heterocycles. The number of nitrogens with zero attached hydrogens (tertiary/aromatic N) is 5. The van der Waals surface area contributed by atoms with Gasteiger partial charge in [-0.2, -0.15) is 4.98 Å². The van der Waals surface area contributed by atoms with Crippen LogP contribution in [0, 0.1) is 10.1 Å². The van der Waals surface area contributed by atoms with Crippen LogP contribution in [0.1, 0.15) is 18.5 Å². The maximum Gasteiger partial charge on any atom is 0.269 e. The standard InChI is InChI=1S/C24H19N7O4/c1-14-20(23(33)27-17-7-4-10-25-13-17)21(15-5-2-8-18(11-15)31(34)35)30-24(26-14)28-22(29-30)16-6-3-9-19(32)12-16/h2-13,21,32H,1H3,(H,27,33)(H,26,28,29). The molecule has 0 bridgehead atoms. The molecule has 0 saturated carbocycles. The fourth-order valence-corrected chi connectivity index (χ4v) is 3.96. The Morgan fingerprint density at radius 2 is 2.00 bits per heavy atom. The van der Waals surface area contributed by atoms with Crippen LogP contribution in [0.2, 0.25) is 0 Å². The quantitative estimate of drug-likeness (QED) is 0.295. The van der Waals surface area contributed by atoms with Gasteiger partial charge in [-0.1, -0.05) is 24.3 Å². The number of hydrogen-bond donors (Lipinski definition) is 3. The number of nitro groups is 1. The van der Waals surface area contributed by atoms with Crippen molar-refractivity contribution < 1.29 is 14.8 Å². The first kappa shape index (κ1) is 21.8. The predicted octanol–water partition coefficient (Wildman–Crippen LogP) is 3.88. The molecule has 11 heteroatoms. The smallest absolute Gasteiger partial charge is 0.269 e. The number of aromatic nitrogens is 4. The molecular weight excluding hydrogens is 450 g/mol. The first-order valence-corrected chi connectivity index (χ1v) is 10.6. The summed E-state index contributed by atoms with van der Waals surface area (Å²) in [6.07, 6.45) is 3.12. The summed E-state index contributed by atoms with van der Waals surface area (Å²) < 4.78 is 1.52. The third-order valence-electron chi connectivity index (χ3n) is 5.52. The highest BCUT2D eigenvalue weighted by Crippen LogP contribution is 2.38. The van der Waals surface area contributed by atoms with Gasteiger partial charge in [0.1, 0.15) is 11.8 Å². The first-order valence-electron chi connectivity index (χ1n) is 10.6. The number of carbonyl (C=O) groups excluding carboxylic acids is 1. The van der Waals surface area contributed by atoms with Crippen molar-refractivity contribution in [3.05, 3.63) is 100 Å². The monoisotopic (exact) mass is 469 g/mol. The number of non-ortho nitro benzene ring substituents is 1. The molecule has 1 atom stereocenters. The van der Waals surface area contributed by atoms with Crippen molar-refractivity contribution in [1.29, 1.82) is 0 Å². The molecule has 0 radical (unpaired) electrons. The summed E-state index contributed by atoms with van der Waals surface area (Å²) in [6, 6.07) is 15.2. The van der Waals surface area contributed by atoms with Crippen LogP contribution in [-0.2, 0) is 4.79 Å². The molecule has 3 heterocycles. The largest absolute Gasteiger partial charge is 0.508 e. The summed E-state index contributed by atoms with van der Waals surface area (Å²) in [4.78, 5) is 33.0. The van der Waals surface area contributed by atoms with Crippen LogP contribution in [0.4, 0.5) is 17.3 Å². The predicted molar refractivity (Wildman–Crippen MR) is 128 cm³/mol. The van der Waals surface area contributed by atoms with Crippen molar-refractivity contribution in [2.45, 2.75) is 13.0 Å². The van der Waals surface area contributed by atoms with Crippen LogP contribution >= 0.6 is 0 Å². The third-order valence-corrected chi connectivity index (χ3v) is 5.52. The minimum absolute atomic E-state index is 0.0595. The fraction of sp³-hybridized carbons (Fsp3) is 0.0833. The molecule has 1 amide bonds. The van der Waals surface area contributed by atoms with Gasteiger partial charge in [-0.15, -0.1) is 5.10 Å². The summed E-state index contributed by atoms with van der Waals surface area (Å²) in [5.41, 5.74) is 2.29. The van der Waals surface area contributed by atoms with E-state index in [-0.39, 0.29) is 11.4 Å². The fourth-order valence-electron chi connectivity index (χ4n) is 3.96. The molecule has 0 fully saturated rings. The number of amides is 1. The zero-order chi connectivity index (χ0) is 24.5. The second-order valence-electron chi connectivity index (χ2n) is 7.87. The van der Waals surface area contributed by atoms with Crippen LogP contribution in [0.15, 0.2) is 84.3 Å². The number of pyridine rings is 1. The van der Waals surface area contributed by atoms with Crippen molar-refractivity contribution in [2.24, 2.45) is 0 Å². The van der Waals surface area contributed by atoms with Gasteiger partial charge in [0.2, 0.25) is 5.95 Å². The molecule has 4 aromatic rings. The molecule has 0 aliphatic carbocycles. The number of benzene rings is 2. The van der Waals surface area contributed by atoms with E-state index in [1.807, 2.05) is 0 Å². The first-order chi connectivity index (χ1) is 16.9. The van der Waals surface area contributed by atoms with E-state index in [0.717, 1.165) is 0 Å². The van der Waals surface area contributed by atoms with Gasteiger partial charge in [-0.25, -0.2) is 4.68 Å². The van der Waals surface area contributed by atoms with Crippen molar-refractivity contribution in [1.82, 2.24) is 19.7 Å². The lowest BCUT2D eigenvalue weighted by molar-refractivity contribution is -0.384. The molecule has 1 aliphatic heterocycles. The summed E-state index contributed by atoms with van der Waals surface area (Å²) in [7, 11) is 0. The second-order valence-corrected chi connectivity index (χ2v) is 7.87. The Balaban J connectivity index is 1.64. The SMILES string of the molecule is CC1=C(C(=O)Nc2cccnc2)C(c2cccc([N+](=O)[O-])c2)n2nc(-c3cccc(O)c3)nc2N1. The van der Waals surface area contributed by atoms with E-state index in [0.29, 0.717) is 39.9 Å². The van der Waals surface area contributed by atoms with E-state index >= 15 is 0 Å². The molecular formula is C24H19N7O4. The molecule has 174 valence electrons. The molecule has 1 aliphatic rings. The molecule has 0 spiro atoms. The Hall–Kier alpha value is -5.06. The average molecular weight is 469 g/mol. The summed E-state index contributed by atoms with van der Waals surface area (Å²) in [5, 5.41) is 31.9. The zero-order valence-corrected chi connectivity index (χ0v) is 18.4. The van der Waals surface area contributed by atoms with Gasteiger partial charge >= 0.3 is 0 Å².